The summed E-state index contributed by atoms with van der Waals surface area (Å²) in [6.07, 6.45) is 8.52. The number of piperidine rings is 1. The highest BCUT2D eigenvalue weighted by atomic mass is 16.2. The van der Waals surface area contributed by atoms with Gasteiger partial charge in [0.15, 0.2) is 0 Å². The quantitative estimate of drug-likeness (QED) is 0.770. The lowest BCUT2D eigenvalue weighted by Crippen LogP contribution is -2.45. The van der Waals surface area contributed by atoms with Crippen LogP contribution in [0.25, 0.3) is 0 Å². The molecular formula is C15H28N2O. The normalized spacial score (nSPS) is 26.9. The first kappa shape index (κ1) is 13.9. The van der Waals surface area contributed by atoms with Gasteiger partial charge in [0.25, 0.3) is 0 Å². The summed E-state index contributed by atoms with van der Waals surface area (Å²) >= 11 is 0. The van der Waals surface area contributed by atoms with Crippen molar-refractivity contribution in [1.29, 1.82) is 0 Å². The molecule has 2 aliphatic rings. The number of hydrogen-bond acceptors (Lipinski definition) is 2. The number of carbonyl (C=O) groups excluding carboxylic acids is 1. The van der Waals surface area contributed by atoms with E-state index < -0.39 is 0 Å². The van der Waals surface area contributed by atoms with Crippen molar-refractivity contribution in [3.05, 3.63) is 0 Å². The second-order valence-corrected chi connectivity index (χ2v) is 5.88. The Balaban J connectivity index is 1.86. The molecule has 1 atom stereocenters. The molecule has 1 unspecified atom stereocenters. The van der Waals surface area contributed by atoms with E-state index in [2.05, 4.69) is 16.7 Å². The van der Waals surface area contributed by atoms with E-state index in [1.807, 2.05) is 0 Å². The van der Waals surface area contributed by atoms with E-state index in [-0.39, 0.29) is 5.92 Å². The Hall–Kier alpha value is -0.570. The maximum absolute atomic E-state index is 12.6. The van der Waals surface area contributed by atoms with E-state index in [4.69, 9.17) is 0 Å². The monoisotopic (exact) mass is 252 g/mol. The summed E-state index contributed by atoms with van der Waals surface area (Å²) in [7, 11) is 0. The van der Waals surface area contributed by atoms with Gasteiger partial charge in [-0.3, -0.25) is 4.79 Å². The Morgan fingerprint density at radius 1 is 1.06 bits per heavy atom. The Morgan fingerprint density at radius 2 is 1.78 bits per heavy atom. The fourth-order valence-electron chi connectivity index (χ4n) is 3.33. The zero-order valence-corrected chi connectivity index (χ0v) is 11.9. The van der Waals surface area contributed by atoms with Gasteiger partial charge < -0.3 is 9.80 Å². The Kier molecular flexibility index (Phi) is 5.48. The van der Waals surface area contributed by atoms with Crippen molar-refractivity contribution in [2.75, 3.05) is 32.7 Å². The molecule has 2 saturated heterocycles. The molecular weight excluding hydrogens is 224 g/mol. The molecule has 1 amide bonds. The van der Waals surface area contributed by atoms with E-state index in [0.29, 0.717) is 5.91 Å². The van der Waals surface area contributed by atoms with Crippen LogP contribution in [-0.4, -0.2) is 48.4 Å². The van der Waals surface area contributed by atoms with Crippen LogP contribution in [-0.2, 0) is 4.79 Å². The summed E-state index contributed by atoms with van der Waals surface area (Å²) in [5.41, 5.74) is 0. The van der Waals surface area contributed by atoms with Crippen molar-refractivity contribution < 1.29 is 4.79 Å². The zero-order valence-electron chi connectivity index (χ0n) is 11.9. The molecule has 2 aliphatic heterocycles. The van der Waals surface area contributed by atoms with Gasteiger partial charge in [0.05, 0.1) is 5.92 Å². The minimum absolute atomic E-state index is 0.281. The summed E-state index contributed by atoms with van der Waals surface area (Å²) in [5.74, 6) is 0.723. The third-order valence-electron chi connectivity index (χ3n) is 4.31. The second kappa shape index (κ2) is 7.13. The van der Waals surface area contributed by atoms with E-state index in [1.54, 1.807) is 0 Å². The number of nitrogens with zero attached hydrogens (tertiary/aromatic N) is 2. The van der Waals surface area contributed by atoms with Crippen molar-refractivity contribution in [3.8, 4) is 0 Å². The number of likely N-dealkylation sites (tertiary alicyclic amines) is 2. The van der Waals surface area contributed by atoms with Gasteiger partial charge >= 0.3 is 0 Å². The van der Waals surface area contributed by atoms with Crippen molar-refractivity contribution >= 4 is 5.91 Å². The van der Waals surface area contributed by atoms with Crippen LogP contribution in [0.2, 0.25) is 0 Å². The fourth-order valence-corrected chi connectivity index (χ4v) is 3.33. The van der Waals surface area contributed by atoms with E-state index in [9.17, 15) is 4.79 Å². The molecule has 0 bridgehead atoms. The molecule has 0 radical (unpaired) electrons. The van der Waals surface area contributed by atoms with E-state index >= 15 is 0 Å². The van der Waals surface area contributed by atoms with Crippen LogP contribution in [0.15, 0.2) is 0 Å². The van der Waals surface area contributed by atoms with Gasteiger partial charge in [-0.1, -0.05) is 19.8 Å². The molecule has 0 spiro atoms. The molecule has 0 N–H and O–H groups in total. The molecule has 104 valence electrons. The third kappa shape index (κ3) is 3.71. The van der Waals surface area contributed by atoms with Gasteiger partial charge in [0.2, 0.25) is 5.91 Å². The Labute approximate surface area is 112 Å². The molecule has 3 heteroatoms. The maximum Gasteiger partial charge on any atom is 0.226 e. The van der Waals surface area contributed by atoms with E-state index in [1.165, 1.54) is 45.1 Å². The van der Waals surface area contributed by atoms with Gasteiger partial charge in [-0.15, -0.1) is 0 Å². The Bertz CT molecular complexity index is 257. The van der Waals surface area contributed by atoms with Gasteiger partial charge in [-0.25, -0.2) is 0 Å². The van der Waals surface area contributed by atoms with Gasteiger partial charge in [0.1, 0.15) is 0 Å². The SMILES string of the molecule is CCCN1CCCC(C(=O)N2CCCCCC2)C1. The van der Waals surface area contributed by atoms with Crippen molar-refractivity contribution in [1.82, 2.24) is 9.80 Å². The van der Waals surface area contributed by atoms with Crippen LogP contribution < -0.4 is 0 Å². The van der Waals surface area contributed by atoms with Crippen LogP contribution in [0.5, 0.6) is 0 Å². The van der Waals surface area contributed by atoms with Crippen molar-refractivity contribution in [3.63, 3.8) is 0 Å². The molecule has 0 aromatic carbocycles. The highest BCUT2D eigenvalue weighted by Crippen LogP contribution is 2.21. The topological polar surface area (TPSA) is 23.6 Å². The van der Waals surface area contributed by atoms with Gasteiger partial charge in [0, 0.05) is 19.6 Å². The maximum atomic E-state index is 12.6. The van der Waals surface area contributed by atoms with Crippen molar-refractivity contribution in [2.24, 2.45) is 5.92 Å². The minimum Gasteiger partial charge on any atom is -0.342 e. The first-order chi connectivity index (χ1) is 8.81. The van der Waals surface area contributed by atoms with Crippen LogP contribution >= 0.6 is 0 Å². The third-order valence-corrected chi connectivity index (χ3v) is 4.31. The average Bonchev–Trinajstić information content (AvgIpc) is 2.67. The number of amides is 1. The lowest BCUT2D eigenvalue weighted by Gasteiger charge is -2.34. The lowest BCUT2D eigenvalue weighted by atomic mass is 9.96. The second-order valence-electron chi connectivity index (χ2n) is 5.88. The summed E-state index contributed by atoms with van der Waals surface area (Å²) in [6, 6.07) is 0. The summed E-state index contributed by atoms with van der Waals surface area (Å²) in [4.78, 5) is 17.2. The zero-order chi connectivity index (χ0) is 12.8. The molecule has 3 nitrogen and oxygen atoms in total. The summed E-state index contributed by atoms with van der Waals surface area (Å²) in [6.45, 7) is 7.58. The predicted octanol–water partition coefficient (Wildman–Crippen LogP) is 2.51. The van der Waals surface area contributed by atoms with Crippen LogP contribution in [0.1, 0.15) is 51.9 Å². The lowest BCUT2D eigenvalue weighted by molar-refractivity contribution is -0.137. The highest BCUT2D eigenvalue weighted by molar-refractivity contribution is 5.79. The van der Waals surface area contributed by atoms with Crippen molar-refractivity contribution in [2.45, 2.75) is 51.9 Å². The largest absolute Gasteiger partial charge is 0.342 e. The molecule has 0 aromatic rings. The van der Waals surface area contributed by atoms with Gasteiger partial charge in [-0.05, 0) is 45.2 Å². The molecule has 18 heavy (non-hydrogen) atoms. The van der Waals surface area contributed by atoms with E-state index in [0.717, 1.165) is 32.6 Å². The van der Waals surface area contributed by atoms with Crippen LogP contribution in [0.4, 0.5) is 0 Å². The minimum atomic E-state index is 0.281. The average molecular weight is 252 g/mol. The van der Waals surface area contributed by atoms with Crippen LogP contribution in [0, 0.1) is 5.92 Å². The standard InChI is InChI=1S/C15H28N2O/c1-2-9-16-10-7-8-14(13-16)15(18)17-11-5-3-4-6-12-17/h14H,2-13H2,1H3. The Morgan fingerprint density at radius 3 is 2.44 bits per heavy atom. The van der Waals surface area contributed by atoms with Gasteiger partial charge in [-0.2, -0.15) is 0 Å². The first-order valence-electron chi connectivity index (χ1n) is 7.82. The summed E-state index contributed by atoms with van der Waals surface area (Å²) in [5, 5.41) is 0. The number of rotatable bonds is 3. The molecule has 0 saturated carbocycles. The fraction of sp³-hybridized carbons (Fsp3) is 0.933. The summed E-state index contributed by atoms with van der Waals surface area (Å²) < 4.78 is 0. The number of hydrogen-bond donors (Lipinski definition) is 0. The molecule has 0 aromatic heterocycles. The molecule has 2 heterocycles. The number of carbonyl (C=O) groups is 1. The first-order valence-corrected chi connectivity index (χ1v) is 7.82. The highest BCUT2D eigenvalue weighted by Gasteiger charge is 2.28. The predicted molar refractivity (Wildman–Crippen MR) is 74.5 cm³/mol. The molecule has 2 rings (SSSR count). The van der Waals surface area contributed by atoms with Crippen LogP contribution in [0.3, 0.4) is 0 Å². The smallest absolute Gasteiger partial charge is 0.226 e. The molecule has 0 aliphatic carbocycles. The molecule has 2 fully saturated rings.